The van der Waals surface area contributed by atoms with Crippen molar-refractivity contribution in [2.75, 3.05) is 33.0 Å². The Balaban J connectivity index is 0.883. The molecule has 8 fully saturated rings. The SMILES string of the molecule is C[C@H](CC[C@@H](O[C@@H]1OC(CO[C@@H]2O[C@@H](CO)C(O)[C@H](O)C2O)[C@@H](O)[C@H](O)C1O[C@@H]1OC(CO)[C@@H](O)[C@H](O)C1O)C(C)(C)O)[C@H]1CC[C@@]2(C)[C@@H]3CC=C4[C@@H](CC[C@H](O[C@@H]5OC(CO[C@@H]6OC(CO)[C@@H](O)[C@H](O)C6O)[C@@H](O)[C@H](O)C5O)C4(C)C)[C@]3(C)[C@H](O)C[C@]12C. The summed E-state index contributed by atoms with van der Waals surface area (Å²) in [5, 5.41) is 205. The quantitative estimate of drug-likeness (QED) is 0.0506. The van der Waals surface area contributed by atoms with Crippen LogP contribution in [0.2, 0.25) is 0 Å². The van der Waals surface area contributed by atoms with E-state index in [1.807, 2.05) is 13.8 Å². The highest BCUT2D eigenvalue weighted by Gasteiger charge is 2.70. The van der Waals surface area contributed by atoms with Crippen LogP contribution < -0.4 is 0 Å². The highest BCUT2D eigenvalue weighted by Crippen LogP contribution is 2.75. The molecule has 29 heteroatoms. The molecule has 0 amide bonds. The molecule has 35 atom stereocenters. The molecule has 10 unspecified atom stereocenters. The molecule has 4 aliphatic carbocycles. The molecule has 0 spiro atoms. The van der Waals surface area contributed by atoms with Crippen LogP contribution in [-0.4, -0.2) is 308 Å². The van der Waals surface area contributed by atoms with Crippen molar-refractivity contribution >= 4 is 0 Å². The van der Waals surface area contributed by atoms with Gasteiger partial charge in [-0.1, -0.05) is 53.2 Å². The fourth-order valence-corrected chi connectivity index (χ4v) is 17.0. The maximum Gasteiger partial charge on any atom is 0.187 e. The molecule has 29 nitrogen and oxygen atoms in total. The van der Waals surface area contributed by atoms with Crippen LogP contribution in [0.15, 0.2) is 11.6 Å². The lowest BCUT2D eigenvalue weighted by molar-refractivity contribution is -0.380. The van der Waals surface area contributed by atoms with Crippen LogP contribution in [0.4, 0.5) is 0 Å². The molecule has 0 radical (unpaired) electrons. The first-order chi connectivity index (χ1) is 41.6. The van der Waals surface area contributed by atoms with E-state index < -0.39 is 227 Å². The number of hydrogen-bond donors (Lipinski definition) is 19. The lowest BCUT2D eigenvalue weighted by atomic mass is 9.38. The minimum absolute atomic E-state index is 0.0310. The van der Waals surface area contributed by atoms with Crippen LogP contribution in [0.3, 0.4) is 0 Å². The standard InChI is InChI=1S/C60H102O29/c1-23(9-13-35(57(4,5)79)88-55-50(89-54-49(78)43(72)38(67)29(20-63)84-54)45(74)40(69)31(86-55)22-81-52-47(76)42(71)37(66)28(19-62)83-52)24-15-16-58(6)32-12-10-25-26(60(32,8)33(64)17-59(24,58)7)11-14-34(56(25,2)3)87-53-48(77)44(73)39(68)30(85-53)21-80-51-46(75)41(70)36(65)27(18-61)82-51/h10,23-24,26-55,61-79H,9,11-22H2,1-8H3/t23-,24-,26-,27?,28+,29?,30?,31?,32+,33-,34+,35-,36-,37?,38-,39-,40-,41+,42+,43+,44+,45+,46?,47?,48?,49?,50?,51-,52-,53+,54+,55+,58+,59-,60+/m1/s1. The van der Waals surface area contributed by atoms with Gasteiger partial charge < -0.3 is 144 Å². The molecule has 5 heterocycles. The van der Waals surface area contributed by atoms with Gasteiger partial charge in [0.25, 0.3) is 0 Å². The molecule has 0 aromatic heterocycles. The second-order valence-electron chi connectivity index (χ2n) is 28.7. The van der Waals surface area contributed by atoms with Gasteiger partial charge in [-0.05, 0) is 99.7 Å². The summed E-state index contributed by atoms with van der Waals surface area (Å²) in [5.74, 6) is -0.0172. The van der Waals surface area contributed by atoms with Crippen LogP contribution in [0, 0.1) is 45.3 Å². The van der Waals surface area contributed by atoms with E-state index in [1.165, 1.54) is 13.8 Å². The molecule has 0 aromatic carbocycles. The Hall–Kier alpha value is -1.42. The van der Waals surface area contributed by atoms with Crippen molar-refractivity contribution in [1.82, 2.24) is 0 Å². The number of allylic oxidation sites excluding steroid dienone is 1. The Bertz CT molecular complexity index is 2340. The van der Waals surface area contributed by atoms with E-state index in [9.17, 15) is 97.0 Å². The first-order valence-corrected chi connectivity index (χ1v) is 31.6. The molecule has 516 valence electrons. The maximum atomic E-state index is 12.8. The molecule has 9 rings (SSSR count). The van der Waals surface area contributed by atoms with E-state index in [0.29, 0.717) is 32.1 Å². The van der Waals surface area contributed by atoms with E-state index in [0.717, 1.165) is 18.4 Å². The maximum absolute atomic E-state index is 12.8. The summed E-state index contributed by atoms with van der Waals surface area (Å²) >= 11 is 0. The van der Waals surface area contributed by atoms with Crippen molar-refractivity contribution < 1.29 is 144 Å². The molecule has 0 bridgehead atoms. The molecule has 3 saturated carbocycles. The number of hydrogen-bond acceptors (Lipinski definition) is 29. The van der Waals surface area contributed by atoms with Crippen molar-refractivity contribution in [1.29, 1.82) is 0 Å². The van der Waals surface area contributed by atoms with Gasteiger partial charge in [-0.3, -0.25) is 0 Å². The van der Waals surface area contributed by atoms with Gasteiger partial charge in [-0.2, -0.15) is 0 Å². The minimum atomic E-state index is -1.96. The average molecular weight is 1290 g/mol. The van der Waals surface area contributed by atoms with Gasteiger partial charge in [0.1, 0.15) is 122 Å². The van der Waals surface area contributed by atoms with Gasteiger partial charge in [-0.25, -0.2) is 0 Å². The molecule has 0 aromatic rings. The Morgan fingerprint density at radius 3 is 1.45 bits per heavy atom. The Morgan fingerprint density at radius 2 is 0.955 bits per heavy atom. The number of rotatable bonds is 20. The molecule has 19 N–H and O–H groups in total. The normalized spacial score (nSPS) is 51.8. The summed E-state index contributed by atoms with van der Waals surface area (Å²) in [6.45, 7) is 12.6. The summed E-state index contributed by atoms with van der Waals surface area (Å²) in [7, 11) is 0. The summed E-state index contributed by atoms with van der Waals surface area (Å²) < 4.78 is 59.3. The predicted molar refractivity (Wildman–Crippen MR) is 300 cm³/mol. The van der Waals surface area contributed by atoms with Gasteiger partial charge in [0.2, 0.25) is 0 Å². The van der Waals surface area contributed by atoms with Crippen molar-refractivity contribution in [3.63, 3.8) is 0 Å². The number of fused-ring (bicyclic) bond motifs is 5. The third-order valence-corrected chi connectivity index (χ3v) is 22.9. The van der Waals surface area contributed by atoms with Gasteiger partial charge in [-0.15, -0.1) is 0 Å². The molecule has 89 heavy (non-hydrogen) atoms. The van der Waals surface area contributed by atoms with Crippen molar-refractivity contribution in [3.8, 4) is 0 Å². The summed E-state index contributed by atoms with van der Waals surface area (Å²) in [6.07, 6.45) is -37.4. The average Bonchev–Trinajstić information content (AvgIpc) is 1.66. The lowest BCUT2D eigenvalue weighted by Crippen LogP contribution is -2.65. The highest BCUT2D eigenvalue weighted by molar-refractivity contribution is 5.32. The van der Waals surface area contributed by atoms with Crippen LogP contribution >= 0.6 is 0 Å². The van der Waals surface area contributed by atoms with Crippen molar-refractivity contribution in [2.24, 2.45) is 45.3 Å². The van der Waals surface area contributed by atoms with E-state index in [1.54, 1.807) is 0 Å². The Morgan fingerprint density at radius 1 is 0.517 bits per heavy atom. The second kappa shape index (κ2) is 27.6. The number of aliphatic hydroxyl groups is 19. The predicted octanol–water partition coefficient (Wildman–Crippen LogP) is -5.41. The van der Waals surface area contributed by atoms with Crippen LogP contribution in [0.25, 0.3) is 0 Å². The van der Waals surface area contributed by atoms with Crippen LogP contribution in [0.1, 0.15) is 107 Å². The molecular weight excluding hydrogens is 1180 g/mol. The number of ether oxygens (including phenoxy) is 10. The van der Waals surface area contributed by atoms with E-state index >= 15 is 0 Å². The zero-order chi connectivity index (χ0) is 65.5. The highest BCUT2D eigenvalue weighted by atomic mass is 16.8. The van der Waals surface area contributed by atoms with Crippen LogP contribution in [-0.2, 0) is 47.4 Å². The molecule has 5 aliphatic heterocycles. The Kier molecular flexibility index (Phi) is 22.3. The summed E-state index contributed by atoms with van der Waals surface area (Å²) in [5.41, 5.74) is -2.49. The van der Waals surface area contributed by atoms with E-state index in [-0.39, 0.29) is 35.5 Å². The zero-order valence-electron chi connectivity index (χ0n) is 51.8. The third kappa shape index (κ3) is 13.1. The van der Waals surface area contributed by atoms with Gasteiger partial charge in [0.05, 0.1) is 56.9 Å². The van der Waals surface area contributed by atoms with Crippen molar-refractivity contribution in [3.05, 3.63) is 11.6 Å². The Labute approximate surface area is 517 Å². The monoisotopic (exact) mass is 1290 g/mol. The third-order valence-electron chi connectivity index (χ3n) is 22.9. The van der Waals surface area contributed by atoms with Gasteiger partial charge in [0.15, 0.2) is 31.5 Å². The molecular formula is C60H102O29. The second-order valence-corrected chi connectivity index (χ2v) is 28.7. The first kappa shape index (κ1) is 71.9. The topological polar surface area (TPSA) is 477 Å². The van der Waals surface area contributed by atoms with Gasteiger partial charge >= 0.3 is 0 Å². The fourth-order valence-electron chi connectivity index (χ4n) is 17.0. The molecule has 9 aliphatic rings. The largest absolute Gasteiger partial charge is 0.394 e. The van der Waals surface area contributed by atoms with Crippen molar-refractivity contribution in [2.45, 2.75) is 284 Å². The smallest absolute Gasteiger partial charge is 0.187 e. The summed E-state index contributed by atoms with van der Waals surface area (Å²) in [6, 6.07) is 0. The van der Waals surface area contributed by atoms with Crippen LogP contribution in [0.5, 0.6) is 0 Å². The van der Waals surface area contributed by atoms with Gasteiger partial charge in [0, 0.05) is 10.8 Å². The zero-order valence-corrected chi connectivity index (χ0v) is 51.8. The lowest BCUT2D eigenvalue weighted by Gasteiger charge is -2.67. The first-order valence-electron chi connectivity index (χ1n) is 31.6. The van der Waals surface area contributed by atoms with E-state index in [4.69, 9.17) is 47.4 Å². The van der Waals surface area contributed by atoms with E-state index in [2.05, 4.69) is 33.8 Å². The fraction of sp³-hybridized carbons (Fsp3) is 0.967. The minimum Gasteiger partial charge on any atom is -0.394 e. The number of aliphatic hydroxyl groups excluding tert-OH is 18. The summed E-state index contributed by atoms with van der Waals surface area (Å²) in [4.78, 5) is 0. The molecule has 5 saturated heterocycles.